The second-order valence-corrected chi connectivity index (χ2v) is 5.20. The third kappa shape index (κ3) is 3.80. The Bertz CT molecular complexity index is 693. The van der Waals surface area contributed by atoms with Crippen molar-refractivity contribution in [2.24, 2.45) is 0 Å². The van der Waals surface area contributed by atoms with Gasteiger partial charge in [-0.25, -0.2) is 0 Å². The van der Waals surface area contributed by atoms with Crippen LogP contribution in [0.5, 0.6) is 0 Å². The third-order valence-corrected chi connectivity index (χ3v) is 3.81. The predicted octanol–water partition coefficient (Wildman–Crippen LogP) is 4.29. The van der Waals surface area contributed by atoms with Crippen molar-refractivity contribution in [3.05, 3.63) is 74.3 Å². The molecule has 2 aromatic rings. The van der Waals surface area contributed by atoms with E-state index in [0.717, 1.165) is 23.7 Å². The highest BCUT2D eigenvalue weighted by atomic mass is 32.2. The highest BCUT2D eigenvalue weighted by molar-refractivity contribution is 7.94. The van der Waals surface area contributed by atoms with Gasteiger partial charge in [-0.05, 0) is 18.6 Å². The summed E-state index contributed by atoms with van der Waals surface area (Å²) in [7, 11) is 0. The van der Waals surface area contributed by atoms with E-state index >= 15 is 0 Å². The number of non-ortho nitro benzene ring substituents is 1. The molecule has 0 amide bonds. The van der Waals surface area contributed by atoms with Gasteiger partial charge in [0.2, 0.25) is 0 Å². The van der Waals surface area contributed by atoms with E-state index in [4.69, 9.17) is 4.18 Å². The van der Waals surface area contributed by atoms with E-state index in [1.807, 2.05) is 37.3 Å². The highest BCUT2D eigenvalue weighted by Crippen LogP contribution is 2.35. The van der Waals surface area contributed by atoms with E-state index in [2.05, 4.69) is 0 Å². The number of rotatable bonds is 6. The second-order valence-electron chi connectivity index (χ2n) is 4.40. The Kier molecular flexibility index (Phi) is 5.08. The first-order chi connectivity index (χ1) is 10.5. The molecule has 0 radical (unpaired) electrons. The van der Waals surface area contributed by atoms with E-state index < -0.39 is 9.85 Å². The number of nitrogens with zero attached hydrogens (tertiary/aromatic N) is 2. The zero-order valence-electron chi connectivity index (χ0n) is 11.5. The van der Waals surface area contributed by atoms with Gasteiger partial charge in [-0.3, -0.25) is 20.2 Å². The van der Waals surface area contributed by atoms with Crippen molar-refractivity contribution in [2.75, 3.05) is 0 Å². The van der Waals surface area contributed by atoms with Gasteiger partial charge in [-0.15, -0.1) is 0 Å². The SMILES string of the molecule is C[C@H](OSc1ccc([N+](=O)[O-])cc1[N+](=O)[O-])c1ccccc1. The Balaban J connectivity index is 2.15. The normalized spacial score (nSPS) is 11.9. The number of nitro groups is 2. The topological polar surface area (TPSA) is 95.5 Å². The van der Waals surface area contributed by atoms with Crippen molar-refractivity contribution in [1.82, 2.24) is 0 Å². The molecular formula is C14H12N2O5S. The van der Waals surface area contributed by atoms with Crippen LogP contribution in [0.15, 0.2) is 53.4 Å². The zero-order valence-corrected chi connectivity index (χ0v) is 12.4. The van der Waals surface area contributed by atoms with Gasteiger partial charge in [0.25, 0.3) is 11.4 Å². The molecule has 0 aliphatic carbocycles. The van der Waals surface area contributed by atoms with Crippen LogP contribution in [0.3, 0.4) is 0 Å². The van der Waals surface area contributed by atoms with E-state index in [9.17, 15) is 20.2 Å². The van der Waals surface area contributed by atoms with Crippen molar-refractivity contribution in [2.45, 2.75) is 17.9 Å². The maximum atomic E-state index is 11.0. The number of hydrogen-bond donors (Lipinski definition) is 0. The van der Waals surface area contributed by atoms with Gasteiger partial charge in [-0.2, -0.15) is 0 Å². The fraction of sp³-hybridized carbons (Fsp3) is 0.143. The van der Waals surface area contributed by atoms with Gasteiger partial charge in [-0.1, -0.05) is 30.3 Å². The summed E-state index contributed by atoms with van der Waals surface area (Å²) in [4.78, 5) is 20.6. The van der Waals surface area contributed by atoms with E-state index in [1.165, 1.54) is 12.1 Å². The molecule has 0 fully saturated rings. The van der Waals surface area contributed by atoms with Gasteiger partial charge < -0.3 is 4.18 Å². The molecule has 114 valence electrons. The van der Waals surface area contributed by atoms with Crippen LogP contribution in [0.25, 0.3) is 0 Å². The van der Waals surface area contributed by atoms with E-state index in [-0.39, 0.29) is 22.4 Å². The molecule has 0 saturated carbocycles. The molecule has 0 unspecified atom stereocenters. The van der Waals surface area contributed by atoms with E-state index in [1.54, 1.807) is 0 Å². The fourth-order valence-electron chi connectivity index (χ4n) is 1.74. The molecular weight excluding hydrogens is 308 g/mol. The van der Waals surface area contributed by atoms with Crippen LogP contribution in [0.1, 0.15) is 18.6 Å². The fourth-order valence-corrected chi connectivity index (χ4v) is 2.44. The number of hydrogen-bond acceptors (Lipinski definition) is 6. The zero-order chi connectivity index (χ0) is 16.1. The first-order valence-corrected chi connectivity index (χ1v) is 7.04. The lowest BCUT2D eigenvalue weighted by Crippen LogP contribution is -1.97. The van der Waals surface area contributed by atoms with Crippen molar-refractivity contribution < 1.29 is 14.0 Å². The quantitative estimate of drug-likeness (QED) is 0.447. The molecule has 0 aliphatic heterocycles. The van der Waals surface area contributed by atoms with Crippen LogP contribution in [-0.2, 0) is 4.18 Å². The minimum Gasteiger partial charge on any atom is -0.302 e. The molecule has 0 N–H and O–H groups in total. The van der Waals surface area contributed by atoms with E-state index in [0.29, 0.717) is 0 Å². The van der Waals surface area contributed by atoms with Crippen LogP contribution in [0.4, 0.5) is 11.4 Å². The lowest BCUT2D eigenvalue weighted by molar-refractivity contribution is -0.396. The summed E-state index contributed by atoms with van der Waals surface area (Å²) < 4.78 is 5.55. The van der Waals surface area contributed by atoms with Crippen LogP contribution >= 0.6 is 12.0 Å². The van der Waals surface area contributed by atoms with Gasteiger partial charge in [0.1, 0.15) is 4.90 Å². The number of nitro benzene ring substituents is 2. The third-order valence-electron chi connectivity index (χ3n) is 2.90. The molecule has 0 heterocycles. The van der Waals surface area contributed by atoms with Gasteiger partial charge >= 0.3 is 0 Å². The van der Waals surface area contributed by atoms with Crippen LogP contribution in [-0.4, -0.2) is 9.85 Å². The maximum absolute atomic E-state index is 11.0. The smallest absolute Gasteiger partial charge is 0.292 e. The lowest BCUT2D eigenvalue weighted by atomic mass is 10.1. The molecule has 1 atom stereocenters. The molecule has 2 aromatic carbocycles. The minimum absolute atomic E-state index is 0.221. The van der Waals surface area contributed by atoms with Crippen LogP contribution < -0.4 is 0 Å². The van der Waals surface area contributed by atoms with Crippen molar-refractivity contribution >= 4 is 23.4 Å². The number of benzene rings is 2. The summed E-state index contributed by atoms with van der Waals surface area (Å²) in [5, 5.41) is 21.7. The maximum Gasteiger partial charge on any atom is 0.292 e. The summed E-state index contributed by atoms with van der Waals surface area (Å²) in [6.07, 6.45) is -0.277. The van der Waals surface area contributed by atoms with Crippen molar-refractivity contribution in [3.63, 3.8) is 0 Å². The summed E-state index contributed by atoms with van der Waals surface area (Å²) in [6, 6.07) is 12.8. The molecule has 0 aliphatic rings. The first kappa shape index (κ1) is 15.9. The standard InChI is InChI=1S/C14H12N2O5S/c1-10(11-5-3-2-4-6-11)21-22-14-8-7-12(15(17)18)9-13(14)16(19)20/h2-10H,1H3/t10-/m0/s1. The Morgan fingerprint density at radius 1 is 1.05 bits per heavy atom. The van der Waals surface area contributed by atoms with Gasteiger partial charge in [0, 0.05) is 18.1 Å². The molecule has 0 bridgehead atoms. The molecule has 2 rings (SSSR count). The molecule has 0 saturated heterocycles. The summed E-state index contributed by atoms with van der Waals surface area (Å²) in [5.41, 5.74) is 0.256. The minimum atomic E-state index is -0.672. The molecule has 0 aromatic heterocycles. The van der Waals surface area contributed by atoms with Crippen molar-refractivity contribution in [1.29, 1.82) is 0 Å². The van der Waals surface area contributed by atoms with Crippen LogP contribution in [0, 0.1) is 20.2 Å². The second kappa shape index (κ2) is 7.01. The van der Waals surface area contributed by atoms with Gasteiger partial charge in [0.15, 0.2) is 0 Å². The summed E-state index contributed by atoms with van der Waals surface area (Å²) in [5.74, 6) is 0. The summed E-state index contributed by atoms with van der Waals surface area (Å²) in [6.45, 7) is 1.82. The molecule has 7 nitrogen and oxygen atoms in total. The molecule has 0 spiro atoms. The van der Waals surface area contributed by atoms with Crippen LogP contribution in [0.2, 0.25) is 0 Å². The highest BCUT2D eigenvalue weighted by Gasteiger charge is 2.21. The Morgan fingerprint density at radius 3 is 2.32 bits per heavy atom. The Hall–Kier alpha value is -2.45. The molecule has 8 heteroatoms. The lowest BCUT2D eigenvalue weighted by Gasteiger charge is -2.11. The van der Waals surface area contributed by atoms with Gasteiger partial charge in [0.05, 0.1) is 22.0 Å². The monoisotopic (exact) mass is 320 g/mol. The average molecular weight is 320 g/mol. The van der Waals surface area contributed by atoms with Crippen molar-refractivity contribution in [3.8, 4) is 0 Å². The first-order valence-electron chi connectivity index (χ1n) is 6.30. The Labute approximate surface area is 130 Å². The molecule has 22 heavy (non-hydrogen) atoms. The largest absolute Gasteiger partial charge is 0.302 e. The predicted molar refractivity (Wildman–Crippen MR) is 81.5 cm³/mol. The Morgan fingerprint density at radius 2 is 1.73 bits per heavy atom. The average Bonchev–Trinajstić information content (AvgIpc) is 2.53. The summed E-state index contributed by atoms with van der Waals surface area (Å²) >= 11 is 0.834.